The van der Waals surface area contributed by atoms with Crippen LogP contribution in [0.25, 0.3) is 0 Å². The summed E-state index contributed by atoms with van der Waals surface area (Å²) in [6.07, 6.45) is 1.64. The normalized spacial score (nSPS) is 12.7. The molecule has 0 saturated heterocycles. The van der Waals surface area contributed by atoms with Crippen molar-refractivity contribution in [1.82, 2.24) is 9.71 Å². The number of benzene rings is 2. The second kappa shape index (κ2) is 8.18. The zero-order valence-corrected chi connectivity index (χ0v) is 16.0. The number of rotatable bonds is 6. The lowest BCUT2D eigenvalue weighted by atomic mass is 10.0. The van der Waals surface area contributed by atoms with Crippen LogP contribution in [0.1, 0.15) is 22.9 Å². The van der Waals surface area contributed by atoms with Gasteiger partial charge in [-0.15, -0.1) is 0 Å². The molecule has 3 rings (SSSR count). The van der Waals surface area contributed by atoms with E-state index in [2.05, 4.69) is 9.71 Å². The van der Waals surface area contributed by atoms with E-state index in [0.29, 0.717) is 21.3 Å². The summed E-state index contributed by atoms with van der Waals surface area (Å²) in [7, 11) is -3.65. The Kier molecular flexibility index (Phi) is 5.94. The van der Waals surface area contributed by atoms with Gasteiger partial charge in [0.2, 0.25) is 10.0 Å². The molecule has 7 heteroatoms. The number of halogens is 2. The molecule has 4 nitrogen and oxygen atoms in total. The summed E-state index contributed by atoms with van der Waals surface area (Å²) in [6.45, 7) is 0. The van der Waals surface area contributed by atoms with Crippen molar-refractivity contribution in [3.05, 3.63) is 99.8 Å². The van der Waals surface area contributed by atoms with Crippen LogP contribution in [0, 0.1) is 0 Å². The van der Waals surface area contributed by atoms with Crippen molar-refractivity contribution in [3.8, 4) is 0 Å². The molecule has 26 heavy (non-hydrogen) atoms. The Hall–Kier alpha value is -1.92. The van der Waals surface area contributed by atoms with Gasteiger partial charge in [-0.3, -0.25) is 4.98 Å². The highest BCUT2D eigenvalue weighted by Crippen LogP contribution is 2.25. The van der Waals surface area contributed by atoms with Gasteiger partial charge < -0.3 is 0 Å². The zero-order chi connectivity index (χ0) is 18.6. The number of aromatic nitrogens is 1. The first-order valence-electron chi connectivity index (χ1n) is 7.84. The highest BCUT2D eigenvalue weighted by atomic mass is 35.5. The third-order valence-electron chi connectivity index (χ3n) is 3.75. The largest absolute Gasteiger partial charge is 0.259 e. The fourth-order valence-corrected chi connectivity index (χ4v) is 4.20. The Morgan fingerprint density at radius 3 is 2.31 bits per heavy atom. The molecule has 0 radical (unpaired) electrons. The summed E-state index contributed by atoms with van der Waals surface area (Å²) in [6, 6.07) is 18.9. The summed E-state index contributed by atoms with van der Waals surface area (Å²) in [4.78, 5) is 4.31. The first-order chi connectivity index (χ1) is 12.4. The van der Waals surface area contributed by atoms with Crippen LogP contribution >= 0.6 is 23.2 Å². The van der Waals surface area contributed by atoms with E-state index in [1.54, 1.807) is 36.5 Å². The second-order valence-electron chi connectivity index (χ2n) is 5.72. The number of nitrogens with one attached hydrogen (secondary N) is 1. The van der Waals surface area contributed by atoms with E-state index >= 15 is 0 Å². The van der Waals surface area contributed by atoms with E-state index in [4.69, 9.17) is 23.2 Å². The second-order valence-corrected chi connectivity index (χ2v) is 8.29. The lowest BCUT2D eigenvalue weighted by molar-refractivity contribution is 0.569. The minimum atomic E-state index is -3.65. The van der Waals surface area contributed by atoms with E-state index in [0.717, 1.165) is 5.56 Å². The summed E-state index contributed by atoms with van der Waals surface area (Å²) in [5.74, 6) is -0.208. The van der Waals surface area contributed by atoms with Gasteiger partial charge in [-0.2, -0.15) is 0 Å². The number of pyridine rings is 1. The Balaban J connectivity index is 1.89. The maximum atomic E-state index is 12.7. The SMILES string of the molecule is O=S(=O)(Cc1ccc(Cl)c(Cl)c1)NC(c1ccccc1)c1ccccn1. The highest BCUT2D eigenvalue weighted by Gasteiger charge is 2.22. The Bertz CT molecular complexity index is 941. The van der Waals surface area contributed by atoms with Crippen LogP contribution in [0.3, 0.4) is 0 Å². The van der Waals surface area contributed by atoms with Crippen LogP contribution in [0.2, 0.25) is 10.0 Å². The molecule has 1 aromatic heterocycles. The van der Waals surface area contributed by atoms with Gasteiger partial charge in [0, 0.05) is 6.20 Å². The molecule has 134 valence electrons. The van der Waals surface area contributed by atoms with E-state index in [9.17, 15) is 8.42 Å². The molecule has 1 unspecified atom stereocenters. The Labute approximate surface area is 162 Å². The highest BCUT2D eigenvalue weighted by molar-refractivity contribution is 7.88. The minimum absolute atomic E-state index is 0.208. The monoisotopic (exact) mass is 406 g/mol. The van der Waals surface area contributed by atoms with Gasteiger partial charge >= 0.3 is 0 Å². The average Bonchev–Trinajstić information content (AvgIpc) is 2.64. The molecule has 1 atom stereocenters. The average molecular weight is 407 g/mol. The lowest BCUT2D eigenvalue weighted by Gasteiger charge is -2.19. The van der Waals surface area contributed by atoms with Crippen LogP contribution in [0.5, 0.6) is 0 Å². The van der Waals surface area contributed by atoms with Crippen LogP contribution in [-0.4, -0.2) is 13.4 Å². The van der Waals surface area contributed by atoms with E-state index in [1.165, 1.54) is 0 Å². The predicted octanol–water partition coefficient (Wildman–Crippen LogP) is 4.60. The van der Waals surface area contributed by atoms with Gasteiger partial charge in [0.1, 0.15) is 0 Å². The van der Waals surface area contributed by atoms with Crippen LogP contribution < -0.4 is 4.72 Å². The molecule has 0 aliphatic rings. The first-order valence-corrected chi connectivity index (χ1v) is 10.3. The molecule has 0 spiro atoms. The standard InChI is InChI=1S/C19H16Cl2N2O2S/c20-16-10-9-14(12-17(16)21)13-26(24,25)23-19(15-6-2-1-3-7-15)18-8-4-5-11-22-18/h1-12,19,23H,13H2. The summed E-state index contributed by atoms with van der Waals surface area (Å²) in [5, 5.41) is 0.708. The zero-order valence-electron chi connectivity index (χ0n) is 13.6. The summed E-state index contributed by atoms with van der Waals surface area (Å²) >= 11 is 11.9. The maximum Gasteiger partial charge on any atom is 0.216 e. The molecule has 1 N–H and O–H groups in total. The Morgan fingerprint density at radius 2 is 1.65 bits per heavy atom. The van der Waals surface area contributed by atoms with Crippen molar-refractivity contribution < 1.29 is 8.42 Å². The molecule has 0 bridgehead atoms. The van der Waals surface area contributed by atoms with E-state index in [1.807, 2.05) is 36.4 Å². The predicted molar refractivity (Wildman–Crippen MR) is 105 cm³/mol. The van der Waals surface area contributed by atoms with Crippen LogP contribution in [0.4, 0.5) is 0 Å². The van der Waals surface area contributed by atoms with E-state index < -0.39 is 16.1 Å². The van der Waals surface area contributed by atoms with Crippen molar-refractivity contribution in [1.29, 1.82) is 0 Å². The molecule has 1 heterocycles. The maximum absolute atomic E-state index is 12.7. The van der Waals surface area contributed by atoms with Gasteiger partial charge in [-0.25, -0.2) is 13.1 Å². The molecule has 0 saturated carbocycles. The molecule has 0 amide bonds. The van der Waals surface area contributed by atoms with Gasteiger partial charge in [-0.1, -0.05) is 65.7 Å². The molecular formula is C19H16Cl2N2O2S. The number of sulfonamides is 1. The quantitative estimate of drug-likeness (QED) is 0.650. The molecule has 0 aliphatic heterocycles. The fraction of sp³-hybridized carbons (Fsp3) is 0.105. The van der Waals surface area contributed by atoms with Crippen molar-refractivity contribution in [3.63, 3.8) is 0 Å². The number of nitrogens with zero attached hydrogens (tertiary/aromatic N) is 1. The van der Waals surface area contributed by atoms with Gasteiger partial charge in [0.25, 0.3) is 0 Å². The number of hydrogen-bond donors (Lipinski definition) is 1. The van der Waals surface area contributed by atoms with Crippen LogP contribution in [-0.2, 0) is 15.8 Å². The summed E-state index contributed by atoms with van der Waals surface area (Å²) in [5.41, 5.74) is 1.99. The third-order valence-corrected chi connectivity index (χ3v) is 5.80. The van der Waals surface area contributed by atoms with Gasteiger partial charge in [-0.05, 0) is 35.4 Å². The molecular weight excluding hydrogens is 391 g/mol. The minimum Gasteiger partial charge on any atom is -0.259 e. The summed E-state index contributed by atoms with van der Waals surface area (Å²) < 4.78 is 28.2. The smallest absolute Gasteiger partial charge is 0.216 e. The molecule has 2 aromatic carbocycles. The molecule has 0 aliphatic carbocycles. The molecule has 0 fully saturated rings. The fourth-order valence-electron chi connectivity index (χ4n) is 2.56. The third kappa shape index (κ3) is 4.83. The number of hydrogen-bond acceptors (Lipinski definition) is 3. The van der Waals surface area contributed by atoms with Gasteiger partial charge in [0.15, 0.2) is 0 Å². The van der Waals surface area contributed by atoms with Crippen molar-refractivity contribution in [2.24, 2.45) is 0 Å². The topological polar surface area (TPSA) is 59.1 Å². The van der Waals surface area contributed by atoms with Crippen LogP contribution in [0.15, 0.2) is 72.9 Å². The van der Waals surface area contributed by atoms with Crippen molar-refractivity contribution >= 4 is 33.2 Å². The molecule has 3 aromatic rings. The lowest BCUT2D eigenvalue weighted by Crippen LogP contribution is -2.31. The van der Waals surface area contributed by atoms with Gasteiger partial charge in [0.05, 0.1) is 27.5 Å². The first kappa shape index (κ1) is 18.9. The Morgan fingerprint density at radius 1 is 0.923 bits per heavy atom. The van der Waals surface area contributed by atoms with Crippen molar-refractivity contribution in [2.45, 2.75) is 11.8 Å². The van der Waals surface area contributed by atoms with E-state index in [-0.39, 0.29) is 5.75 Å². The van der Waals surface area contributed by atoms with Crippen molar-refractivity contribution in [2.75, 3.05) is 0 Å².